The summed E-state index contributed by atoms with van der Waals surface area (Å²) < 4.78 is 5.92. The molecule has 2 heteroatoms. The van der Waals surface area contributed by atoms with Crippen molar-refractivity contribution < 1.29 is 4.74 Å². The molecule has 0 amide bonds. The molecule has 1 aromatic rings. The number of nitrogens with one attached hydrogen (secondary N) is 1. The quantitative estimate of drug-likeness (QED) is 0.795. The molecule has 2 nitrogen and oxygen atoms in total. The summed E-state index contributed by atoms with van der Waals surface area (Å²) in [5.74, 6) is 1.61. The predicted octanol–water partition coefficient (Wildman–Crippen LogP) is 3.71. The maximum Gasteiger partial charge on any atom is 0.119 e. The molecule has 0 saturated carbocycles. The average molecular weight is 249 g/mol. The van der Waals surface area contributed by atoms with Crippen LogP contribution in [0.25, 0.3) is 0 Å². The average Bonchev–Trinajstić information content (AvgIpc) is 2.37. The molecule has 1 rings (SSSR count). The summed E-state index contributed by atoms with van der Waals surface area (Å²) in [6, 6.07) is 6.73. The predicted molar refractivity (Wildman–Crippen MR) is 78.3 cm³/mol. The SMILES string of the molecule is CCNC(COc1ccc(C)c(C)c1)C(C)CC. The lowest BCUT2D eigenvalue weighted by atomic mass is 10.00. The molecule has 1 N–H and O–H groups in total. The fourth-order valence-corrected chi connectivity index (χ4v) is 1.96. The molecule has 18 heavy (non-hydrogen) atoms. The van der Waals surface area contributed by atoms with Crippen molar-refractivity contribution >= 4 is 0 Å². The summed E-state index contributed by atoms with van der Waals surface area (Å²) in [4.78, 5) is 0. The minimum absolute atomic E-state index is 0.432. The zero-order valence-corrected chi connectivity index (χ0v) is 12.4. The fraction of sp³-hybridized carbons (Fsp3) is 0.625. The Morgan fingerprint density at radius 2 is 1.89 bits per heavy atom. The third-order valence-electron chi connectivity index (χ3n) is 3.71. The molecule has 1 aromatic carbocycles. The normalized spacial score (nSPS) is 14.3. The van der Waals surface area contributed by atoms with Crippen LogP contribution in [-0.2, 0) is 0 Å². The second-order valence-corrected chi connectivity index (χ2v) is 5.11. The van der Waals surface area contributed by atoms with E-state index in [9.17, 15) is 0 Å². The molecular formula is C16H27NO. The van der Waals surface area contributed by atoms with Crippen molar-refractivity contribution in [2.45, 2.75) is 47.1 Å². The first-order valence-corrected chi connectivity index (χ1v) is 7.01. The lowest BCUT2D eigenvalue weighted by Gasteiger charge is -2.24. The second kappa shape index (κ2) is 7.42. The van der Waals surface area contributed by atoms with Crippen molar-refractivity contribution in [1.29, 1.82) is 0 Å². The summed E-state index contributed by atoms with van der Waals surface area (Å²) in [6.45, 7) is 12.6. The molecule has 0 aliphatic heterocycles. The maximum absolute atomic E-state index is 5.92. The number of ether oxygens (including phenoxy) is 1. The lowest BCUT2D eigenvalue weighted by molar-refractivity contribution is 0.222. The van der Waals surface area contributed by atoms with E-state index in [1.165, 1.54) is 17.5 Å². The van der Waals surface area contributed by atoms with Crippen LogP contribution in [0.2, 0.25) is 0 Å². The number of aryl methyl sites for hydroxylation is 2. The van der Waals surface area contributed by atoms with Gasteiger partial charge < -0.3 is 10.1 Å². The van der Waals surface area contributed by atoms with Gasteiger partial charge in [-0.2, -0.15) is 0 Å². The summed E-state index contributed by atoms with van der Waals surface area (Å²) in [7, 11) is 0. The van der Waals surface area contributed by atoms with E-state index in [1.54, 1.807) is 0 Å². The van der Waals surface area contributed by atoms with Gasteiger partial charge >= 0.3 is 0 Å². The highest BCUT2D eigenvalue weighted by Gasteiger charge is 2.15. The van der Waals surface area contributed by atoms with E-state index in [0.29, 0.717) is 12.0 Å². The molecule has 2 unspecified atom stereocenters. The highest BCUT2D eigenvalue weighted by molar-refractivity contribution is 5.33. The third-order valence-corrected chi connectivity index (χ3v) is 3.71. The van der Waals surface area contributed by atoms with Gasteiger partial charge in [0.25, 0.3) is 0 Å². The largest absolute Gasteiger partial charge is 0.492 e. The topological polar surface area (TPSA) is 21.3 Å². The van der Waals surface area contributed by atoms with Crippen LogP contribution in [-0.4, -0.2) is 19.2 Å². The molecule has 0 heterocycles. The van der Waals surface area contributed by atoms with Crippen LogP contribution >= 0.6 is 0 Å². The van der Waals surface area contributed by atoms with Crippen LogP contribution in [0.4, 0.5) is 0 Å². The van der Waals surface area contributed by atoms with E-state index >= 15 is 0 Å². The number of hydrogen-bond donors (Lipinski definition) is 1. The van der Waals surface area contributed by atoms with Gasteiger partial charge in [0.15, 0.2) is 0 Å². The van der Waals surface area contributed by atoms with Gasteiger partial charge in [0, 0.05) is 6.04 Å². The molecule has 0 bridgehead atoms. The molecule has 0 saturated heterocycles. The number of rotatable bonds is 7. The Kier molecular flexibility index (Phi) is 6.20. The van der Waals surface area contributed by atoms with E-state index in [1.807, 2.05) is 0 Å². The van der Waals surface area contributed by atoms with Gasteiger partial charge in [-0.15, -0.1) is 0 Å². The highest BCUT2D eigenvalue weighted by Crippen LogP contribution is 2.17. The zero-order valence-electron chi connectivity index (χ0n) is 12.4. The van der Waals surface area contributed by atoms with Crippen molar-refractivity contribution in [2.24, 2.45) is 5.92 Å². The number of hydrogen-bond acceptors (Lipinski definition) is 2. The molecule has 0 spiro atoms. The lowest BCUT2D eigenvalue weighted by Crippen LogP contribution is -2.39. The van der Waals surface area contributed by atoms with Gasteiger partial charge in [-0.3, -0.25) is 0 Å². The van der Waals surface area contributed by atoms with Crippen LogP contribution in [0.3, 0.4) is 0 Å². The van der Waals surface area contributed by atoms with Gasteiger partial charge in [-0.05, 0) is 49.6 Å². The molecule has 0 aromatic heterocycles. The van der Waals surface area contributed by atoms with E-state index in [4.69, 9.17) is 4.74 Å². The second-order valence-electron chi connectivity index (χ2n) is 5.11. The van der Waals surface area contributed by atoms with Crippen molar-refractivity contribution in [3.05, 3.63) is 29.3 Å². The van der Waals surface area contributed by atoms with E-state index in [2.05, 4.69) is 58.1 Å². The van der Waals surface area contributed by atoms with Crippen LogP contribution < -0.4 is 10.1 Å². The minimum Gasteiger partial charge on any atom is -0.492 e. The third kappa shape index (κ3) is 4.34. The van der Waals surface area contributed by atoms with Crippen molar-refractivity contribution in [3.63, 3.8) is 0 Å². The Hall–Kier alpha value is -1.02. The monoisotopic (exact) mass is 249 g/mol. The molecular weight excluding hydrogens is 222 g/mol. The van der Waals surface area contributed by atoms with Crippen molar-refractivity contribution in [2.75, 3.05) is 13.2 Å². The Labute approximate surface area is 112 Å². The number of likely N-dealkylation sites (N-methyl/N-ethyl adjacent to an activating group) is 1. The van der Waals surface area contributed by atoms with Gasteiger partial charge in [-0.25, -0.2) is 0 Å². The van der Waals surface area contributed by atoms with E-state index < -0.39 is 0 Å². The summed E-state index contributed by atoms with van der Waals surface area (Å²) in [6.07, 6.45) is 1.17. The molecule has 0 radical (unpaired) electrons. The van der Waals surface area contributed by atoms with E-state index in [0.717, 1.165) is 18.9 Å². The first kappa shape index (κ1) is 15.0. The molecule has 0 fully saturated rings. The Morgan fingerprint density at radius 1 is 1.17 bits per heavy atom. The van der Waals surface area contributed by atoms with Crippen molar-refractivity contribution in [3.8, 4) is 5.75 Å². The highest BCUT2D eigenvalue weighted by atomic mass is 16.5. The first-order chi connectivity index (χ1) is 8.58. The van der Waals surface area contributed by atoms with Crippen LogP contribution in [0.1, 0.15) is 38.3 Å². The van der Waals surface area contributed by atoms with Gasteiger partial charge in [0.05, 0.1) is 0 Å². The van der Waals surface area contributed by atoms with Gasteiger partial charge in [-0.1, -0.05) is 33.3 Å². The van der Waals surface area contributed by atoms with Crippen LogP contribution in [0.15, 0.2) is 18.2 Å². The maximum atomic E-state index is 5.92. The molecule has 102 valence electrons. The van der Waals surface area contributed by atoms with Gasteiger partial charge in [0.2, 0.25) is 0 Å². The number of benzene rings is 1. The summed E-state index contributed by atoms with van der Waals surface area (Å²) in [5.41, 5.74) is 2.60. The smallest absolute Gasteiger partial charge is 0.119 e. The first-order valence-electron chi connectivity index (χ1n) is 7.01. The van der Waals surface area contributed by atoms with Crippen LogP contribution in [0.5, 0.6) is 5.75 Å². The fourth-order valence-electron chi connectivity index (χ4n) is 1.96. The summed E-state index contributed by atoms with van der Waals surface area (Å²) in [5, 5.41) is 3.50. The standard InChI is InChI=1S/C16H27NO/c1-6-12(3)16(17-7-2)11-18-15-9-8-13(4)14(5)10-15/h8-10,12,16-17H,6-7,11H2,1-5H3. The van der Waals surface area contributed by atoms with Crippen molar-refractivity contribution in [1.82, 2.24) is 5.32 Å². The van der Waals surface area contributed by atoms with Gasteiger partial charge in [0.1, 0.15) is 12.4 Å². The summed E-state index contributed by atoms with van der Waals surface area (Å²) >= 11 is 0. The van der Waals surface area contributed by atoms with Crippen LogP contribution in [0, 0.1) is 19.8 Å². The minimum atomic E-state index is 0.432. The molecule has 2 atom stereocenters. The zero-order chi connectivity index (χ0) is 13.5. The van der Waals surface area contributed by atoms with E-state index in [-0.39, 0.29) is 0 Å². The Morgan fingerprint density at radius 3 is 2.44 bits per heavy atom. The molecule has 0 aliphatic rings. The molecule has 0 aliphatic carbocycles. The Bertz CT molecular complexity index is 362. The Balaban J connectivity index is 2.58.